The molecule has 0 aromatic heterocycles. The van der Waals surface area contributed by atoms with Crippen LogP contribution in [-0.2, 0) is 42.6 Å². The van der Waals surface area contributed by atoms with Gasteiger partial charge < -0.3 is 119 Å². The minimum atomic E-state index is -2.06. The van der Waals surface area contributed by atoms with Crippen molar-refractivity contribution in [3.63, 3.8) is 0 Å². The van der Waals surface area contributed by atoms with E-state index in [0.29, 0.717) is 0 Å². The van der Waals surface area contributed by atoms with Crippen LogP contribution in [0.15, 0.2) is 0 Å². The molecule has 15 N–H and O–H groups in total. The van der Waals surface area contributed by atoms with Gasteiger partial charge in [-0.05, 0) is 13.8 Å². The Kier molecular flexibility index (Phi) is 15.0. The highest BCUT2D eigenvalue weighted by Crippen LogP contribution is 2.37. The first-order valence-electron chi connectivity index (χ1n) is 17.3. The van der Waals surface area contributed by atoms with Crippen LogP contribution in [0.3, 0.4) is 0 Å². The summed E-state index contributed by atoms with van der Waals surface area (Å²) in [5.74, 6) is 0. The Balaban J connectivity index is 1.51. The van der Waals surface area contributed by atoms with E-state index in [0.717, 1.165) is 0 Å². The standard InChI is InChI=1S/C30H52O24/c1-6-11(34)15(38)18(41)27(46-6)53-24-21(44)26(45)48-10(5-33)22(24)51-30-25(54-28-19(42)16(39)12(35)7(2)47-28)23(14(37)9(4-32)50-30)52-29-20(43)17(40)13(36)8(3-31)49-29/h6-45H,3-5H2,1-2H3/t6-,7-,8+,9+,10+,11+,12+,13-,14-,15+,16+,17-,18-,19-,20+,21+,22+,23-,24+,25+,26?,27-,28-,29+,30-/m0/s1. The molecule has 0 amide bonds. The molecule has 5 aliphatic heterocycles. The van der Waals surface area contributed by atoms with E-state index >= 15 is 0 Å². The van der Waals surface area contributed by atoms with Crippen molar-refractivity contribution in [2.45, 2.75) is 167 Å². The van der Waals surface area contributed by atoms with Crippen LogP contribution in [0, 0.1) is 0 Å². The minimum Gasteiger partial charge on any atom is -0.394 e. The highest BCUT2D eigenvalue weighted by atomic mass is 16.8. The molecule has 0 aliphatic carbocycles. The molecule has 5 fully saturated rings. The maximum absolute atomic E-state index is 11.4. The fraction of sp³-hybridized carbons (Fsp3) is 1.00. The molecule has 24 nitrogen and oxygen atoms in total. The molecule has 316 valence electrons. The molecule has 0 saturated carbocycles. The SMILES string of the molecule is C[C@@H]1O[C@@H](O[C@H]2[C@H](O[C@H]3[C@H](O[C@@H]4O[C@@H](C)[C@@H](O)[C@@H](O)[C@@H]4O)[C@@H](O)C(O)O[C@@H]3CO)O[C@H](CO)[C@H](O)[C@@H]2O[C@H]2O[C@H](CO)[C@H](O)[C@H](O)[C@H]2O)[C@@H](O)[C@H](O)[C@@H]1O. The molecule has 54 heavy (non-hydrogen) atoms. The van der Waals surface area contributed by atoms with Gasteiger partial charge in [-0.25, -0.2) is 0 Å². The molecule has 0 aromatic rings. The van der Waals surface area contributed by atoms with E-state index in [1.54, 1.807) is 0 Å². The zero-order valence-electron chi connectivity index (χ0n) is 28.9. The third-order valence-electron chi connectivity index (χ3n) is 10.2. The van der Waals surface area contributed by atoms with E-state index < -0.39 is 173 Å². The van der Waals surface area contributed by atoms with Crippen molar-refractivity contribution >= 4 is 0 Å². The predicted molar refractivity (Wildman–Crippen MR) is 164 cm³/mol. The van der Waals surface area contributed by atoms with Crippen molar-refractivity contribution in [3.8, 4) is 0 Å². The highest BCUT2D eigenvalue weighted by Gasteiger charge is 2.57. The smallest absolute Gasteiger partial charge is 0.187 e. The van der Waals surface area contributed by atoms with Gasteiger partial charge in [0.25, 0.3) is 0 Å². The van der Waals surface area contributed by atoms with Crippen LogP contribution >= 0.6 is 0 Å². The van der Waals surface area contributed by atoms with Crippen LogP contribution in [0.1, 0.15) is 13.8 Å². The van der Waals surface area contributed by atoms with Crippen molar-refractivity contribution in [1.82, 2.24) is 0 Å². The molecule has 24 heteroatoms. The summed E-state index contributed by atoms with van der Waals surface area (Å²) in [6.07, 6.45) is -45.0. The Labute approximate surface area is 306 Å². The average Bonchev–Trinajstić information content (AvgIpc) is 3.15. The minimum absolute atomic E-state index is 0.875. The van der Waals surface area contributed by atoms with Crippen molar-refractivity contribution in [3.05, 3.63) is 0 Å². The highest BCUT2D eigenvalue weighted by molar-refractivity contribution is 4.99. The first-order valence-corrected chi connectivity index (χ1v) is 17.3. The van der Waals surface area contributed by atoms with Crippen molar-refractivity contribution in [2.24, 2.45) is 0 Å². The van der Waals surface area contributed by atoms with E-state index in [4.69, 9.17) is 42.6 Å². The van der Waals surface area contributed by atoms with Gasteiger partial charge >= 0.3 is 0 Å². The van der Waals surface area contributed by atoms with Crippen LogP contribution in [0.2, 0.25) is 0 Å². The summed E-state index contributed by atoms with van der Waals surface area (Å²) in [5.41, 5.74) is 0. The molecule has 5 heterocycles. The molecule has 25 atom stereocenters. The maximum Gasteiger partial charge on any atom is 0.187 e. The van der Waals surface area contributed by atoms with Gasteiger partial charge in [-0.3, -0.25) is 0 Å². The van der Waals surface area contributed by atoms with Gasteiger partial charge in [-0.2, -0.15) is 0 Å². The maximum atomic E-state index is 11.4. The lowest BCUT2D eigenvalue weighted by Gasteiger charge is -2.51. The van der Waals surface area contributed by atoms with Crippen LogP contribution in [0.4, 0.5) is 0 Å². The van der Waals surface area contributed by atoms with E-state index in [1.165, 1.54) is 13.8 Å². The van der Waals surface area contributed by atoms with Gasteiger partial charge in [0.1, 0.15) is 110 Å². The summed E-state index contributed by atoms with van der Waals surface area (Å²) in [6, 6.07) is 0. The zero-order valence-corrected chi connectivity index (χ0v) is 28.9. The third kappa shape index (κ3) is 8.72. The van der Waals surface area contributed by atoms with Crippen LogP contribution in [0.25, 0.3) is 0 Å². The van der Waals surface area contributed by atoms with Gasteiger partial charge in [0.15, 0.2) is 31.5 Å². The topological polar surface area (TPSA) is 387 Å². The largest absolute Gasteiger partial charge is 0.394 e. The summed E-state index contributed by atoms with van der Waals surface area (Å²) in [6.45, 7) is -0.152. The van der Waals surface area contributed by atoms with Gasteiger partial charge in [-0.15, -0.1) is 0 Å². The average molecular weight is 797 g/mol. The lowest BCUT2D eigenvalue weighted by molar-refractivity contribution is -0.411. The van der Waals surface area contributed by atoms with Gasteiger partial charge in [-0.1, -0.05) is 0 Å². The third-order valence-corrected chi connectivity index (χ3v) is 10.2. The molecule has 5 saturated heterocycles. The second-order valence-corrected chi connectivity index (χ2v) is 13.9. The summed E-state index contributed by atoms with van der Waals surface area (Å²) >= 11 is 0. The van der Waals surface area contributed by atoms with E-state index in [-0.39, 0.29) is 0 Å². The number of aliphatic hydroxyl groups is 15. The number of rotatable bonds is 11. The Morgan fingerprint density at radius 2 is 0.704 bits per heavy atom. The molecule has 0 aromatic carbocycles. The zero-order chi connectivity index (χ0) is 39.9. The molecule has 0 radical (unpaired) electrons. The quantitative estimate of drug-likeness (QED) is 0.0923. The van der Waals surface area contributed by atoms with Crippen LogP contribution in [0.5, 0.6) is 0 Å². The Hall–Kier alpha value is -0.960. The summed E-state index contributed by atoms with van der Waals surface area (Å²) < 4.78 is 51.3. The number of hydrogen-bond donors (Lipinski definition) is 15. The molecular weight excluding hydrogens is 744 g/mol. The lowest BCUT2D eigenvalue weighted by Crippen LogP contribution is -2.69. The fourth-order valence-corrected chi connectivity index (χ4v) is 6.88. The Morgan fingerprint density at radius 1 is 0.333 bits per heavy atom. The van der Waals surface area contributed by atoms with E-state index in [1.807, 2.05) is 0 Å². The molecule has 5 aliphatic rings. The lowest BCUT2D eigenvalue weighted by atomic mass is 9.95. The van der Waals surface area contributed by atoms with Crippen LogP contribution in [-0.4, -0.2) is 250 Å². The predicted octanol–water partition coefficient (Wildman–Crippen LogP) is -9.87. The van der Waals surface area contributed by atoms with Crippen LogP contribution < -0.4 is 0 Å². The number of ether oxygens (including phenoxy) is 9. The number of hydrogen-bond acceptors (Lipinski definition) is 24. The molecular formula is C30H52O24. The first kappa shape index (κ1) is 44.1. The second kappa shape index (κ2) is 18.3. The van der Waals surface area contributed by atoms with Gasteiger partial charge in [0.2, 0.25) is 0 Å². The number of aliphatic hydroxyl groups excluding tert-OH is 15. The normalized spacial score (nSPS) is 54.7. The summed E-state index contributed by atoms with van der Waals surface area (Å²) in [5, 5.41) is 157. The van der Waals surface area contributed by atoms with Crippen molar-refractivity contribution in [1.29, 1.82) is 0 Å². The van der Waals surface area contributed by atoms with Crippen molar-refractivity contribution < 1.29 is 119 Å². The van der Waals surface area contributed by atoms with Gasteiger partial charge in [0, 0.05) is 0 Å². The molecule has 5 rings (SSSR count). The fourth-order valence-electron chi connectivity index (χ4n) is 6.88. The molecule has 1 unspecified atom stereocenters. The monoisotopic (exact) mass is 796 g/mol. The molecule has 0 spiro atoms. The van der Waals surface area contributed by atoms with E-state index in [9.17, 15) is 76.6 Å². The van der Waals surface area contributed by atoms with Gasteiger partial charge in [0.05, 0.1) is 32.0 Å². The first-order chi connectivity index (χ1) is 25.4. The Morgan fingerprint density at radius 3 is 1.19 bits per heavy atom. The summed E-state index contributed by atoms with van der Waals surface area (Å²) in [7, 11) is 0. The second-order valence-electron chi connectivity index (χ2n) is 13.9. The van der Waals surface area contributed by atoms with E-state index in [2.05, 4.69) is 0 Å². The Bertz CT molecular complexity index is 1170. The van der Waals surface area contributed by atoms with Crippen molar-refractivity contribution in [2.75, 3.05) is 19.8 Å². The molecule has 0 bridgehead atoms. The summed E-state index contributed by atoms with van der Waals surface area (Å²) in [4.78, 5) is 0.